The topological polar surface area (TPSA) is 48.8 Å². The first-order valence-corrected chi connectivity index (χ1v) is 33.7. The zero-order valence-electron chi connectivity index (χ0n) is 55.1. The molecule has 0 aliphatic carbocycles. The summed E-state index contributed by atoms with van der Waals surface area (Å²) in [5.74, 6) is 2.79. The normalized spacial score (nSPS) is 11.6. The van der Waals surface area contributed by atoms with E-state index in [2.05, 4.69) is 368 Å². The molecular formula is C93H67N5O. The van der Waals surface area contributed by atoms with E-state index in [1.54, 1.807) is 0 Å². The van der Waals surface area contributed by atoms with Crippen LogP contribution in [0.2, 0.25) is 0 Å². The summed E-state index contributed by atoms with van der Waals surface area (Å²) in [7, 11) is 0. The number of nitrogens with zero attached hydrogens (tertiary/aromatic N) is 5. The number of hydrogen-bond donors (Lipinski definition) is 0. The van der Waals surface area contributed by atoms with Crippen LogP contribution in [0.4, 0.5) is 0 Å². The van der Waals surface area contributed by atoms with Crippen LogP contribution in [-0.2, 0) is 5.41 Å². The first kappa shape index (κ1) is 59.9. The minimum Gasteiger partial charge on any atom is -0.458 e. The van der Waals surface area contributed by atoms with Gasteiger partial charge in [0.1, 0.15) is 17.3 Å². The van der Waals surface area contributed by atoms with Crippen LogP contribution >= 0.6 is 0 Å². The van der Waals surface area contributed by atoms with Gasteiger partial charge in [-0.2, -0.15) is 0 Å². The highest BCUT2D eigenvalue weighted by Gasteiger charge is 2.24. The predicted octanol–water partition coefficient (Wildman–Crippen LogP) is 23.7. The fourth-order valence-corrected chi connectivity index (χ4v) is 14.0. The Morgan fingerprint density at radius 3 is 1.21 bits per heavy atom. The van der Waals surface area contributed by atoms with Crippen molar-refractivity contribution in [3.8, 4) is 129 Å². The lowest BCUT2D eigenvalue weighted by atomic mass is 9.88. The summed E-state index contributed by atoms with van der Waals surface area (Å²) < 4.78 is 13.7. The van der Waals surface area contributed by atoms with Gasteiger partial charge in [0.2, 0.25) is 0 Å². The smallest absolute Gasteiger partial charge is 0.271 e. The Balaban J connectivity index is 0.814. The van der Waals surface area contributed by atoms with Crippen LogP contribution in [0.1, 0.15) is 26.3 Å². The average Bonchev–Trinajstić information content (AvgIpc) is 1.61. The van der Waals surface area contributed by atoms with Gasteiger partial charge in [0.15, 0.2) is 5.82 Å². The molecule has 0 atom stereocenters. The Labute approximate surface area is 576 Å². The maximum Gasteiger partial charge on any atom is 0.271 e. The van der Waals surface area contributed by atoms with E-state index in [-0.39, 0.29) is 5.41 Å². The number of para-hydroxylation sites is 3. The summed E-state index contributed by atoms with van der Waals surface area (Å²) in [5, 5.41) is 2.20. The first-order valence-electron chi connectivity index (χ1n) is 33.7. The number of imidazole rings is 1. The number of ether oxygens (including phenoxy) is 1. The summed E-state index contributed by atoms with van der Waals surface area (Å²) in [5.41, 5.74) is 26.2. The molecule has 6 nitrogen and oxygen atoms in total. The molecule has 17 aromatic rings. The van der Waals surface area contributed by atoms with Gasteiger partial charge in [-0.15, -0.1) is 0 Å². The number of hydrogen-bond acceptors (Lipinski definition) is 3. The molecule has 0 saturated carbocycles. The maximum atomic E-state index is 7.06. The lowest BCUT2D eigenvalue weighted by Gasteiger charge is -2.20. The van der Waals surface area contributed by atoms with Gasteiger partial charge >= 0.3 is 0 Å². The van der Waals surface area contributed by atoms with Gasteiger partial charge in [-0.25, -0.2) is 4.98 Å². The quantitative estimate of drug-likeness (QED) is 0.0805. The number of aromatic nitrogens is 5. The molecule has 0 N–H and O–H groups in total. The van der Waals surface area contributed by atoms with Crippen LogP contribution in [0.5, 0.6) is 11.5 Å². The van der Waals surface area contributed by atoms with E-state index in [4.69, 9.17) is 14.7 Å². The van der Waals surface area contributed by atoms with E-state index in [1.165, 1.54) is 16.7 Å². The van der Waals surface area contributed by atoms with Crippen molar-refractivity contribution in [2.45, 2.75) is 26.2 Å². The SMILES string of the molecule is CC(C)(C)c1ccnc(-n2c3ccc(-c4cc(-c5ccccc5)cc(-c5ccccc5)c4)cc3c3ccc(Oc4ccnc(-n5[c-][n+](-c6c(-c7cc(-c8ccccc8)cc(-c8ccccc8)c7)cccc6-c6cc(-c7ccccc7)cc(-c7ccccc7)c6)c6ccccc65)c4)cc32)c1. The molecule has 0 radical (unpaired) electrons. The molecule has 0 aliphatic rings. The van der Waals surface area contributed by atoms with E-state index in [0.29, 0.717) is 17.3 Å². The number of fused-ring (bicyclic) bond motifs is 4. The van der Waals surface area contributed by atoms with E-state index < -0.39 is 0 Å². The van der Waals surface area contributed by atoms with E-state index in [1.807, 2.05) is 24.5 Å². The van der Waals surface area contributed by atoms with Crippen molar-refractivity contribution >= 4 is 32.8 Å². The minimum absolute atomic E-state index is 0.104. The number of rotatable bonds is 14. The Kier molecular flexibility index (Phi) is 15.4. The average molecular weight is 1270 g/mol. The van der Waals surface area contributed by atoms with Crippen LogP contribution < -0.4 is 9.30 Å². The summed E-state index contributed by atoms with van der Waals surface area (Å²) >= 11 is 0. The Hall–Kier alpha value is -12.8. The Morgan fingerprint density at radius 1 is 0.303 bits per heavy atom. The van der Waals surface area contributed by atoms with E-state index >= 15 is 0 Å². The molecule has 6 heteroatoms. The highest BCUT2D eigenvalue weighted by molar-refractivity contribution is 6.11. The van der Waals surface area contributed by atoms with Gasteiger partial charge in [-0.3, -0.25) is 18.7 Å². The van der Waals surface area contributed by atoms with Crippen LogP contribution in [0.15, 0.2) is 352 Å². The van der Waals surface area contributed by atoms with Crippen molar-refractivity contribution in [2.24, 2.45) is 0 Å². The summed E-state index contributed by atoms with van der Waals surface area (Å²) in [6.45, 7) is 6.74. The van der Waals surface area contributed by atoms with Gasteiger partial charge in [0, 0.05) is 35.3 Å². The Bertz CT molecular complexity index is 5520. The number of benzene rings is 13. The van der Waals surface area contributed by atoms with Crippen molar-refractivity contribution in [3.63, 3.8) is 0 Å². The molecule has 4 aromatic heterocycles. The van der Waals surface area contributed by atoms with Crippen LogP contribution in [0.25, 0.3) is 150 Å². The van der Waals surface area contributed by atoms with Gasteiger partial charge in [0.25, 0.3) is 6.33 Å². The molecule has 13 aromatic carbocycles. The van der Waals surface area contributed by atoms with E-state index in [9.17, 15) is 0 Å². The number of pyridine rings is 2. The summed E-state index contributed by atoms with van der Waals surface area (Å²) in [4.78, 5) is 10.2. The van der Waals surface area contributed by atoms with Crippen molar-refractivity contribution < 1.29 is 9.30 Å². The zero-order chi connectivity index (χ0) is 66.4. The monoisotopic (exact) mass is 1270 g/mol. The zero-order valence-corrected chi connectivity index (χ0v) is 55.1. The third kappa shape index (κ3) is 11.7. The van der Waals surface area contributed by atoms with Gasteiger partial charge in [-0.1, -0.05) is 251 Å². The summed E-state index contributed by atoms with van der Waals surface area (Å²) in [6.07, 6.45) is 7.70. The second-order valence-electron chi connectivity index (χ2n) is 26.4. The minimum atomic E-state index is -0.104. The van der Waals surface area contributed by atoms with Gasteiger partial charge in [-0.05, 0) is 208 Å². The van der Waals surface area contributed by atoms with Crippen LogP contribution in [0, 0.1) is 6.33 Å². The van der Waals surface area contributed by atoms with Gasteiger partial charge in [0.05, 0.1) is 27.8 Å². The second kappa shape index (κ2) is 25.4. The molecule has 99 heavy (non-hydrogen) atoms. The highest BCUT2D eigenvalue weighted by Crippen LogP contribution is 2.44. The Morgan fingerprint density at radius 2 is 0.727 bits per heavy atom. The fourth-order valence-electron chi connectivity index (χ4n) is 14.0. The maximum absolute atomic E-state index is 7.06. The molecule has 17 rings (SSSR count). The van der Waals surface area contributed by atoms with Crippen molar-refractivity contribution in [3.05, 3.63) is 364 Å². The fraction of sp³-hybridized carbons (Fsp3) is 0.0430. The molecule has 0 saturated heterocycles. The van der Waals surface area contributed by atoms with Crippen molar-refractivity contribution in [2.75, 3.05) is 0 Å². The second-order valence-corrected chi connectivity index (χ2v) is 26.4. The third-order valence-electron chi connectivity index (χ3n) is 19.0. The summed E-state index contributed by atoms with van der Waals surface area (Å²) in [6, 6.07) is 122. The lowest BCUT2D eigenvalue weighted by molar-refractivity contribution is -0.571. The van der Waals surface area contributed by atoms with Crippen molar-refractivity contribution in [1.29, 1.82) is 0 Å². The molecule has 0 aliphatic heterocycles. The largest absolute Gasteiger partial charge is 0.458 e. The van der Waals surface area contributed by atoms with Crippen LogP contribution in [-0.4, -0.2) is 19.1 Å². The van der Waals surface area contributed by atoms with Gasteiger partial charge < -0.3 is 4.74 Å². The van der Waals surface area contributed by atoms with Crippen molar-refractivity contribution in [1.82, 2.24) is 19.1 Å². The van der Waals surface area contributed by atoms with E-state index in [0.717, 1.165) is 133 Å². The van der Waals surface area contributed by atoms with Crippen LogP contribution in [0.3, 0.4) is 0 Å². The molecule has 0 unspecified atom stereocenters. The highest BCUT2D eigenvalue weighted by atomic mass is 16.5. The predicted molar refractivity (Wildman–Crippen MR) is 408 cm³/mol. The standard InChI is InChI=1S/C93H67N5O/c1-93(2,3)79-45-47-95-91(59-79)98-86-44-41-69(76-52-70(63-25-10-4-11-26-63)49-71(53-76)64-27-12-5-13-28-64)58-85(86)84-43-42-80(60-89(84)98)99-81-46-48-94-90(61-81)96-62-97(88-40-23-22-39-87(88)96)92-82(77-54-72(65-29-14-6-15-30-65)50-73(55-77)66-31-16-7-17-32-66)37-24-38-83(92)78-56-74(67-33-18-8-19-34-67)51-75(57-78)68-35-20-9-21-36-68/h4-61H,1-3H3. The lowest BCUT2D eigenvalue weighted by Crippen LogP contribution is -2.31. The molecule has 470 valence electrons. The molecule has 0 spiro atoms. The molecular weight excluding hydrogens is 1200 g/mol. The molecule has 0 fully saturated rings. The first-order chi connectivity index (χ1) is 48.7. The third-order valence-corrected chi connectivity index (χ3v) is 19.0. The molecule has 0 amide bonds. The molecule has 4 heterocycles. The molecule has 0 bridgehead atoms.